The average Bonchev–Trinajstić information content (AvgIpc) is 2.53. The molecule has 3 atom stereocenters. The maximum absolute atomic E-state index is 13.5. The third kappa shape index (κ3) is 7.02. The van der Waals surface area contributed by atoms with Gasteiger partial charge in [0.1, 0.15) is 29.3 Å². The minimum Gasteiger partial charge on any atom is -0.496 e. The summed E-state index contributed by atoms with van der Waals surface area (Å²) in [4.78, 5) is 24.3. The number of methoxy groups -OCH3 is 1. The molecule has 28 heavy (non-hydrogen) atoms. The van der Waals surface area contributed by atoms with Gasteiger partial charge < -0.3 is 19.5 Å². The van der Waals surface area contributed by atoms with E-state index in [0.717, 1.165) is 5.56 Å². The largest absolute Gasteiger partial charge is 0.496 e. The summed E-state index contributed by atoms with van der Waals surface area (Å²) >= 11 is 0. The maximum atomic E-state index is 13.5. The molecule has 1 N–H and O–H groups in total. The van der Waals surface area contributed by atoms with Crippen molar-refractivity contribution in [3.8, 4) is 5.75 Å². The van der Waals surface area contributed by atoms with E-state index in [-0.39, 0.29) is 11.8 Å². The Kier molecular flexibility index (Phi) is 8.27. The van der Waals surface area contributed by atoms with Crippen LogP contribution in [0.4, 0.5) is 9.18 Å². The summed E-state index contributed by atoms with van der Waals surface area (Å²) < 4.78 is 29.6. The Balaban J connectivity index is 2.88. The minimum atomic E-state index is -0.875. The van der Waals surface area contributed by atoms with Crippen molar-refractivity contribution in [2.24, 2.45) is 5.92 Å². The van der Waals surface area contributed by atoms with Gasteiger partial charge in [0.05, 0.1) is 7.11 Å². The quantitative estimate of drug-likeness (QED) is 0.690. The van der Waals surface area contributed by atoms with Crippen LogP contribution in [0.3, 0.4) is 0 Å². The molecule has 158 valence electrons. The van der Waals surface area contributed by atoms with E-state index in [1.54, 1.807) is 33.8 Å². The topological polar surface area (TPSA) is 73.9 Å². The SMILES string of the molecule is COc1cc(F)ccc1[C@H](C(C)C)[C@H](C)OC(=O)[C@H](C)NC(=O)OC(C)(C)C. The van der Waals surface area contributed by atoms with E-state index in [1.165, 1.54) is 26.2 Å². The van der Waals surface area contributed by atoms with Gasteiger partial charge in [0, 0.05) is 17.5 Å². The van der Waals surface area contributed by atoms with E-state index in [4.69, 9.17) is 14.2 Å². The normalized spacial score (nSPS) is 14.8. The Hall–Kier alpha value is -2.31. The number of amides is 1. The maximum Gasteiger partial charge on any atom is 0.408 e. The Labute approximate surface area is 166 Å². The van der Waals surface area contributed by atoms with Crippen LogP contribution < -0.4 is 10.1 Å². The molecule has 0 unspecified atom stereocenters. The fourth-order valence-corrected chi connectivity index (χ4v) is 3.02. The standard InChI is InChI=1S/C21H32FNO5/c1-12(2)18(16-10-9-15(22)11-17(16)26-8)14(4)27-19(24)13(3)23-20(25)28-21(5,6)7/h9-14,18H,1-8H3,(H,23,25)/t13-,14-,18+/m0/s1. The number of benzene rings is 1. The number of hydrogen-bond acceptors (Lipinski definition) is 5. The van der Waals surface area contributed by atoms with Crippen LogP contribution in [0.2, 0.25) is 0 Å². The highest BCUT2D eigenvalue weighted by Gasteiger charge is 2.30. The van der Waals surface area contributed by atoms with Gasteiger partial charge in [0.25, 0.3) is 0 Å². The number of carbonyl (C=O) groups excluding carboxylic acids is 2. The molecule has 1 rings (SSSR count). The molecule has 1 amide bonds. The molecule has 6 nitrogen and oxygen atoms in total. The van der Waals surface area contributed by atoms with E-state index in [1.807, 2.05) is 13.8 Å². The van der Waals surface area contributed by atoms with Gasteiger partial charge >= 0.3 is 12.1 Å². The van der Waals surface area contributed by atoms with Crippen LogP contribution in [-0.4, -0.2) is 36.9 Å². The highest BCUT2D eigenvalue weighted by atomic mass is 19.1. The average molecular weight is 397 g/mol. The van der Waals surface area contributed by atoms with E-state index in [0.29, 0.717) is 5.75 Å². The van der Waals surface area contributed by atoms with Crippen molar-refractivity contribution in [3.63, 3.8) is 0 Å². The number of hydrogen-bond donors (Lipinski definition) is 1. The van der Waals surface area contributed by atoms with Gasteiger partial charge in [-0.2, -0.15) is 0 Å². The lowest BCUT2D eigenvalue weighted by Gasteiger charge is -2.30. The van der Waals surface area contributed by atoms with Crippen molar-refractivity contribution < 1.29 is 28.2 Å². The van der Waals surface area contributed by atoms with Crippen LogP contribution in [-0.2, 0) is 14.3 Å². The van der Waals surface area contributed by atoms with Crippen molar-refractivity contribution in [1.29, 1.82) is 0 Å². The van der Waals surface area contributed by atoms with Gasteiger partial charge in [-0.1, -0.05) is 19.9 Å². The van der Waals surface area contributed by atoms with Crippen molar-refractivity contribution in [2.75, 3.05) is 7.11 Å². The van der Waals surface area contributed by atoms with E-state index in [2.05, 4.69) is 5.32 Å². The summed E-state index contributed by atoms with van der Waals surface area (Å²) in [6, 6.07) is 3.44. The third-order valence-electron chi connectivity index (χ3n) is 4.17. The van der Waals surface area contributed by atoms with Crippen molar-refractivity contribution in [1.82, 2.24) is 5.32 Å². The monoisotopic (exact) mass is 397 g/mol. The minimum absolute atomic E-state index is 0.0938. The molecule has 0 aromatic heterocycles. The number of ether oxygens (including phenoxy) is 3. The molecule has 0 heterocycles. The van der Waals surface area contributed by atoms with E-state index < -0.39 is 35.6 Å². The summed E-state index contributed by atoms with van der Waals surface area (Å²) in [7, 11) is 1.47. The molecule has 0 aliphatic rings. The number of halogens is 1. The molecule has 0 radical (unpaired) electrons. The summed E-state index contributed by atoms with van der Waals surface area (Å²) in [5.74, 6) is -0.695. The Morgan fingerprint density at radius 1 is 1.11 bits per heavy atom. The Morgan fingerprint density at radius 3 is 2.21 bits per heavy atom. The van der Waals surface area contributed by atoms with Crippen molar-refractivity contribution >= 4 is 12.1 Å². The molecule has 1 aromatic rings. The molecule has 1 aromatic carbocycles. The Morgan fingerprint density at radius 2 is 1.71 bits per heavy atom. The smallest absolute Gasteiger partial charge is 0.408 e. The number of nitrogens with one attached hydrogen (secondary N) is 1. The zero-order valence-corrected chi connectivity index (χ0v) is 18.0. The van der Waals surface area contributed by atoms with E-state index in [9.17, 15) is 14.0 Å². The van der Waals surface area contributed by atoms with Crippen molar-refractivity contribution in [2.45, 2.75) is 72.1 Å². The first-order valence-corrected chi connectivity index (χ1v) is 9.39. The first kappa shape index (κ1) is 23.7. The molecule has 0 spiro atoms. The van der Waals surface area contributed by atoms with Crippen LogP contribution in [0, 0.1) is 11.7 Å². The van der Waals surface area contributed by atoms with Gasteiger partial charge in [-0.05, 0) is 46.6 Å². The summed E-state index contributed by atoms with van der Waals surface area (Å²) in [6.07, 6.45) is -1.21. The zero-order valence-electron chi connectivity index (χ0n) is 18.0. The number of carbonyl (C=O) groups is 2. The highest BCUT2D eigenvalue weighted by Crippen LogP contribution is 2.36. The first-order valence-electron chi connectivity index (χ1n) is 9.39. The summed E-state index contributed by atoms with van der Waals surface area (Å²) in [5, 5.41) is 2.47. The summed E-state index contributed by atoms with van der Waals surface area (Å²) in [6.45, 7) is 12.5. The summed E-state index contributed by atoms with van der Waals surface area (Å²) in [5.41, 5.74) is 0.0926. The molecular weight excluding hydrogens is 365 g/mol. The predicted molar refractivity (Wildman–Crippen MR) is 105 cm³/mol. The van der Waals surface area contributed by atoms with Crippen LogP contribution in [0.1, 0.15) is 59.9 Å². The molecular formula is C21H32FNO5. The van der Waals surface area contributed by atoms with Gasteiger partial charge in [-0.15, -0.1) is 0 Å². The first-order chi connectivity index (χ1) is 12.9. The number of esters is 1. The second-order valence-electron chi connectivity index (χ2n) is 8.17. The fourth-order valence-electron chi connectivity index (χ4n) is 3.02. The molecule has 0 saturated carbocycles. The predicted octanol–water partition coefficient (Wildman–Crippen LogP) is 4.42. The van der Waals surface area contributed by atoms with Crippen LogP contribution in [0.25, 0.3) is 0 Å². The van der Waals surface area contributed by atoms with Gasteiger partial charge in [-0.3, -0.25) is 0 Å². The fraction of sp³-hybridized carbons (Fsp3) is 0.619. The third-order valence-corrected chi connectivity index (χ3v) is 4.17. The zero-order chi connectivity index (χ0) is 21.6. The molecule has 7 heteroatoms. The van der Waals surface area contributed by atoms with Crippen LogP contribution in [0.5, 0.6) is 5.75 Å². The van der Waals surface area contributed by atoms with Crippen molar-refractivity contribution in [3.05, 3.63) is 29.6 Å². The van der Waals surface area contributed by atoms with E-state index >= 15 is 0 Å². The van der Waals surface area contributed by atoms with Crippen LogP contribution >= 0.6 is 0 Å². The van der Waals surface area contributed by atoms with Gasteiger partial charge in [0.15, 0.2) is 0 Å². The van der Waals surface area contributed by atoms with Gasteiger partial charge in [-0.25, -0.2) is 14.0 Å². The molecule has 0 saturated heterocycles. The van der Waals surface area contributed by atoms with Crippen LogP contribution in [0.15, 0.2) is 18.2 Å². The molecule has 0 aliphatic carbocycles. The molecule has 0 bridgehead atoms. The second-order valence-corrected chi connectivity index (χ2v) is 8.17. The lowest BCUT2D eigenvalue weighted by Crippen LogP contribution is -2.43. The number of rotatable bonds is 7. The lowest BCUT2D eigenvalue weighted by atomic mass is 9.84. The lowest BCUT2D eigenvalue weighted by molar-refractivity contribution is -0.152. The number of alkyl carbamates (subject to hydrolysis) is 1. The molecule has 0 aliphatic heterocycles. The highest BCUT2D eigenvalue weighted by molar-refractivity contribution is 5.81. The van der Waals surface area contributed by atoms with Gasteiger partial charge in [0.2, 0.25) is 0 Å². The Bertz CT molecular complexity index is 684. The second kappa shape index (κ2) is 9.75. The molecule has 0 fully saturated rings.